The molecule has 6 heteroatoms. The summed E-state index contributed by atoms with van der Waals surface area (Å²) < 4.78 is 12.8. The van der Waals surface area contributed by atoms with E-state index in [1.54, 1.807) is 6.20 Å². The predicted octanol–water partition coefficient (Wildman–Crippen LogP) is 5.07. The molecule has 1 aromatic carbocycles. The molecular weight excluding hydrogens is 371 g/mol. The SMILES string of the molecule is C[As](C)Cc1cc2cc(Oc3nc4ncccc4s3)ccc2o1. The second kappa shape index (κ2) is 5.99. The van der Waals surface area contributed by atoms with Crippen molar-refractivity contribution in [2.75, 3.05) is 0 Å². The monoisotopic (exact) mass is 386 g/mol. The number of rotatable bonds is 4. The van der Waals surface area contributed by atoms with Crippen LogP contribution in [0.25, 0.3) is 21.3 Å². The zero-order valence-electron chi connectivity index (χ0n) is 12.8. The number of benzene rings is 1. The van der Waals surface area contributed by atoms with Crippen LogP contribution in [0.5, 0.6) is 10.9 Å². The van der Waals surface area contributed by atoms with Crippen molar-refractivity contribution in [1.82, 2.24) is 9.97 Å². The molecule has 0 atom stereocenters. The molecule has 0 saturated carbocycles. The van der Waals surface area contributed by atoms with Crippen LogP contribution in [0, 0.1) is 0 Å². The summed E-state index contributed by atoms with van der Waals surface area (Å²) in [7, 11) is 0. The molecule has 0 unspecified atom stereocenters. The van der Waals surface area contributed by atoms with Crippen LogP contribution >= 0.6 is 11.3 Å². The van der Waals surface area contributed by atoms with E-state index in [0.717, 1.165) is 38.0 Å². The fourth-order valence-corrected chi connectivity index (χ4v) is 4.85. The predicted molar refractivity (Wildman–Crippen MR) is 94.9 cm³/mol. The summed E-state index contributed by atoms with van der Waals surface area (Å²) in [6, 6.07) is 11.9. The number of aromatic nitrogens is 2. The number of thiazole rings is 1. The summed E-state index contributed by atoms with van der Waals surface area (Å²) in [5, 5.41) is 2.77. The normalized spacial score (nSPS) is 11.6. The summed E-state index contributed by atoms with van der Waals surface area (Å²) in [6.45, 7) is 0. The van der Waals surface area contributed by atoms with Crippen molar-refractivity contribution in [3.05, 3.63) is 48.4 Å². The van der Waals surface area contributed by atoms with Crippen LogP contribution in [0.4, 0.5) is 0 Å². The standard InChI is InChI=1S/C17H15AsN2O2S/c1-18(2)10-13-9-11-8-12(5-6-14(11)21-13)22-17-20-16-15(23-17)4-3-7-19-16/h3-9H,10H2,1-2H3. The van der Waals surface area contributed by atoms with Gasteiger partial charge in [-0.2, -0.15) is 0 Å². The third-order valence-corrected chi connectivity index (χ3v) is 6.23. The van der Waals surface area contributed by atoms with Crippen molar-refractivity contribution in [2.24, 2.45) is 0 Å². The van der Waals surface area contributed by atoms with E-state index >= 15 is 0 Å². The topological polar surface area (TPSA) is 48.2 Å². The Balaban J connectivity index is 1.63. The molecule has 23 heavy (non-hydrogen) atoms. The molecule has 0 N–H and O–H groups in total. The number of hydrogen-bond acceptors (Lipinski definition) is 5. The molecule has 0 saturated heterocycles. The third-order valence-electron chi connectivity index (χ3n) is 3.36. The van der Waals surface area contributed by atoms with Crippen LogP contribution in [0.3, 0.4) is 0 Å². The van der Waals surface area contributed by atoms with Crippen molar-refractivity contribution >= 4 is 47.3 Å². The number of nitrogens with zero attached hydrogens (tertiary/aromatic N) is 2. The summed E-state index contributed by atoms with van der Waals surface area (Å²) in [5.74, 6) is 1.85. The van der Waals surface area contributed by atoms with Gasteiger partial charge >= 0.3 is 142 Å². The average molecular weight is 386 g/mol. The van der Waals surface area contributed by atoms with Crippen LogP contribution in [0.15, 0.2) is 47.0 Å². The Hall–Kier alpha value is -1.84. The Morgan fingerprint density at radius 1 is 1.22 bits per heavy atom. The minimum atomic E-state index is -0.743. The number of fused-ring (bicyclic) bond motifs is 2. The first-order valence-corrected chi connectivity index (χ1v) is 13.1. The van der Waals surface area contributed by atoms with Crippen molar-refractivity contribution in [3.8, 4) is 10.9 Å². The molecule has 4 nitrogen and oxygen atoms in total. The van der Waals surface area contributed by atoms with E-state index in [1.165, 1.54) is 11.3 Å². The average Bonchev–Trinajstić information content (AvgIpc) is 3.08. The first kappa shape index (κ1) is 14.7. The van der Waals surface area contributed by atoms with Crippen molar-refractivity contribution < 1.29 is 9.15 Å². The fourth-order valence-electron chi connectivity index (χ4n) is 2.42. The van der Waals surface area contributed by atoms with Gasteiger partial charge in [0, 0.05) is 0 Å². The Morgan fingerprint density at radius 3 is 2.96 bits per heavy atom. The number of ether oxygens (including phenoxy) is 1. The molecule has 0 aliphatic heterocycles. The van der Waals surface area contributed by atoms with Gasteiger partial charge < -0.3 is 0 Å². The molecule has 0 radical (unpaired) electrons. The van der Waals surface area contributed by atoms with E-state index in [2.05, 4.69) is 27.5 Å². The third kappa shape index (κ3) is 3.12. The summed E-state index contributed by atoms with van der Waals surface area (Å²) in [6.07, 6.45) is 1.74. The van der Waals surface area contributed by atoms with E-state index in [1.807, 2.05) is 30.3 Å². The molecule has 4 rings (SSSR count). The molecule has 3 aromatic heterocycles. The molecule has 0 fully saturated rings. The van der Waals surface area contributed by atoms with Crippen LogP contribution in [0.2, 0.25) is 11.4 Å². The summed E-state index contributed by atoms with van der Waals surface area (Å²) >= 11 is 0.754. The van der Waals surface area contributed by atoms with Gasteiger partial charge in [-0.15, -0.1) is 0 Å². The van der Waals surface area contributed by atoms with Crippen molar-refractivity contribution in [2.45, 2.75) is 16.6 Å². The summed E-state index contributed by atoms with van der Waals surface area (Å²) in [5.41, 5.74) is 6.29. The number of hydrogen-bond donors (Lipinski definition) is 0. The molecule has 116 valence electrons. The van der Waals surface area contributed by atoms with Gasteiger partial charge in [0.25, 0.3) is 0 Å². The van der Waals surface area contributed by atoms with Crippen LogP contribution < -0.4 is 4.74 Å². The second-order valence-electron chi connectivity index (χ2n) is 5.56. The molecule has 3 heterocycles. The van der Waals surface area contributed by atoms with E-state index < -0.39 is 14.7 Å². The molecule has 0 bridgehead atoms. The molecule has 0 amide bonds. The zero-order valence-corrected chi connectivity index (χ0v) is 15.5. The molecule has 4 aromatic rings. The Labute approximate surface area is 142 Å². The first-order chi connectivity index (χ1) is 11.2. The van der Waals surface area contributed by atoms with E-state index in [9.17, 15) is 0 Å². The van der Waals surface area contributed by atoms with Gasteiger partial charge in [0.2, 0.25) is 0 Å². The van der Waals surface area contributed by atoms with Gasteiger partial charge in [-0.1, -0.05) is 0 Å². The summed E-state index contributed by atoms with van der Waals surface area (Å²) in [4.78, 5) is 8.63. The fraction of sp³-hybridized carbons (Fsp3) is 0.176. The first-order valence-electron chi connectivity index (χ1n) is 7.24. The van der Waals surface area contributed by atoms with Gasteiger partial charge in [-0.25, -0.2) is 0 Å². The van der Waals surface area contributed by atoms with Gasteiger partial charge in [0.1, 0.15) is 0 Å². The molecule has 0 spiro atoms. The van der Waals surface area contributed by atoms with Crippen molar-refractivity contribution in [3.63, 3.8) is 0 Å². The number of furan rings is 1. The molecular formula is C17H15AsN2O2S. The van der Waals surface area contributed by atoms with Gasteiger partial charge in [-0.05, 0) is 0 Å². The molecule has 0 aliphatic carbocycles. The van der Waals surface area contributed by atoms with Crippen LogP contribution in [-0.2, 0) is 5.21 Å². The van der Waals surface area contributed by atoms with Gasteiger partial charge in [0.15, 0.2) is 0 Å². The molecule has 0 aliphatic rings. The Morgan fingerprint density at radius 2 is 2.13 bits per heavy atom. The van der Waals surface area contributed by atoms with E-state index in [0.29, 0.717) is 5.19 Å². The Bertz CT molecular complexity index is 944. The minimum absolute atomic E-state index is 0.608. The number of pyridine rings is 1. The van der Waals surface area contributed by atoms with Gasteiger partial charge in [-0.3, -0.25) is 0 Å². The van der Waals surface area contributed by atoms with Crippen LogP contribution in [0.1, 0.15) is 5.76 Å². The maximum atomic E-state index is 5.90. The van der Waals surface area contributed by atoms with Gasteiger partial charge in [0.05, 0.1) is 0 Å². The van der Waals surface area contributed by atoms with E-state index in [4.69, 9.17) is 9.15 Å². The van der Waals surface area contributed by atoms with E-state index in [-0.39, 0.29) is 0 Å². The zero-order chi connectivity index (χ0) is 15.8. The van der Waals surface area contributed by atoms with Crippen LogP contribution in [-0.4, -0.2) is 24.6 Å². The Kier molecular flexibility index (Phi) is 3.83. The van der Waals surface area contributed by atoms with Crippen molar-refractivity contribution in [1.29, 1.82) is 0 Å². The quantitative estimate of drug-likeness (QED) is 0.460. The second-order valence-corrected chi connectivity index (χ2v) is 11.7. The maximum absolute atomic E-state index is 5.90.